The Bertz CT molecular complexity index is 545. The minimum Gasteiger partial charge on any atom is -0.346 e. The first-order valence-electron chi connectivity index (χ1n) is 5.49. The van der Waals surface area contributed by atoms with E-state index in [4.69, 9.17) is 0 Å². The van der Waals surface area contributed by atoms with E-state index in [1.807, 2.05) is 24.5 Å². The van der Waals surface area contributed by atoms with Crippen molar-refractivity contribution >= 4 is 34.0 Å². The predicted molar refractivity (Wildman–Crippen MR) is 72.9 cm³/mol. The molecule has 0 bridgehead atoms. The predicted octanol–water partition coefficient (Wildman–Crippen LogP) is 3.25. The summed E-state index contributed by atoms with van der Waals surface area (Å²) >= 11 is 1.36. The lowest BCUT2D eigenvalue weighted by Crippen LogP contribution is -1.84. The highest BCUT2D eigenvalue weighted by Gasteiger charge is 1.95. The van der Waals surface area contributed by atoms with Gasteiger partial charge in [-0.05, 0) is 24.1 Å². The lowest BCUT2D eigenvalue weighted by Gasteiger charge is -1.94. The Labute approximate surface area is 104 Å². The first-order chi connectivity index (χ1) is 8.25. The van der Waals surface area contributed by atoms with E-state index in [9.17, 15) is 4.79 Å². The Morgan fingerprint density at radius 3 is 3.29 bits per heavy atom. The molecule has 4 heteroatoms. The number of rotatable bonds is 4. The molecular weight excluding hydrogens is 232 g/mol. The zero-order chi connectivity index (χ0) is 12.1. The van der Waals surface area contributed by atoms with E-state index >= 15 is 0 Å². The lowest BCUT2D eigenvalue weighted by molar-refractivity contribution is -0.109. The lowest BCUT2D eigenvalue weighted by atomic mass is 10.2. The molecular formula is C13H14N2OS. The first kappa shape index (κ1) is 11.9. The molecule has 3 nitrogen and oxygen atoms in total. The fourth-order valence-electron chi connectivity index (χ4n) is 1.54. The third-order valence-electron chi connectivity index (χ3n) is 2.32. The van der Waals surface area contributed by atoms with Crippen molar-refractivity contribution in [2.75, 3.05) is 5.75 Å². The highest BCUT2D eigenvalue weighted by molar-refractivity contribution is 8.13. The quantitative estimate of drug-likeness (QED) is 0.842. The summed E-state index contributed by atoms with van der Waals surface area (Å²) in [7, 11) is 0. The van der Waals surface area contributed by atoms with E-state index in [1.54, 1.807) is 6.92 Å². The van der Waals surface area contributed by atoms with Crippen molar-refractivity contribution in [1.82, 2.24) is 9.97 Å². The van der Waals surface area contributed by atoms with Crippen LogP contribution < -0.4 is 0 Å². The standard InChI is InChI=1S/C13H14N2OS/c1-10(16)17-7-3-2-4-11-8-12-5-6-14-13(12)15-9-11/h2,4-6,8-9H,3,7H2,1H3,(H,14,15). The van der Waals surface area contributed by atoms with Crippen LogP contribution in [-0.4, -0.2) is 20.8 Å². The van der Waals surface area contributed by atoms with Gasteiger partial charge in [0.05, 0.1) is 0 Å². The molecule has 0 aliphatic carbocycles. The molecule has 0 fully saturated rings. The van der Waals surface area contributed by atoms with E-state index in [-0.39, 0.29) is 5.12 Å². The molecule has 0 aliphatic rings. The summed E-state index contributed by atoms with van der Waals surface area (Å²) in [4.78, 5) is 18.1. The fourth-order valence-corrected chi connectivity index (χ4v) is 2.08. The molecule has 88 valence electrons. The summed E-state index contributed by atoms with van der Waals surface area (Å²) in [5.74, 6) is 0.839. The Morgan fingerprint density at radius 1 is 1.59 bits per heavy atom. The van der Waals surface area contributed by atoms with Crippen molar-refractivity contribution in [2.24, 2.45) is 0 Å². The normalized spacial score (nSPS) is 11.4. The summed E-state index contributed by atoms with van der Waals surface area (Å²) < 4.78 is 0. The second kappa shape index (κ2) is 5.68. The minimum absolute atomic E-state index is 0.175. The average molecular weight is 246 g/mol. The Balaban J connectivity index is 1.93. The molecule has 2 rings (SSSR count). The Hall–Kier alpha value is -1.55. The van der Waals surface area contributed by atoms with Gasteiger partial charge in [-0.3, -0.25) is 4.79 Å². The maximum Gasteiger partial charge on any atom is 0.185 e. The van der Waals surface area contributed by atoms with Crippen molar-refractivity contribution < 1.29 is 4.79 Å². The number of nitrogens with one attached hydrogen (secondary N) is 1. The van der Waals surface area contributed by atoms with Crippen LogP contribution in [0.2, 0.25) is 0 Å². The van der Waals surface area contributed by atoms with Crippen LogP contribution in [0.5, 0.6) is 0 Å². The second-order valence-corrected chi connectivity index (χ2v) is 4.99. The van der Waals surface area contributed by atoms with Gasteiger partial charge in [0.15, 0.2) is 5.12 Å². The highest BCUT2D eigenvalue weighted by Crippen LogP contribution is 2.13. The number of H-pyrrole nitrogens is 1. The summed E-state index contributed by atoms with van der Waals surface area (Å²) in [6.07, 6.45) is 8.74. The number of fused-ring (bicyclic) bond motifs is 1. The number of hydrogen-bond acceptors (Lipinski definition) is 3. The van der Waals surface area contributed by atoms with Gasteiger partial charge in [-0.25, -0.2) is 4.98 Å². The van der Waals surface area contributed by atoms with Crippen molar-refractivity contribution in [3.05, 3.63) is 36.2 Å². The van der Waals surface area contributed by atoms with E-state index in [1.165, 1.54) is 11.8 Å². The number of hydrogen-bond donors (Lipinski definition) is 1. The van der Waals surface area contributed by atoms with Crippen LogP contribution in [0.1, 0.15) is 18.9 Å². The molecule has 0 saturated heterocycles. The molecule has 0 aliphatic heterocycles. The number of nitrogens with zero attached hydrogens (tertiary/aromatic N) is 1. The maximum absolute atomic E-state index is 10.7. The fraction of sp³-hybridized carbons (Fsp3) is 0.231. The van der Waals surface area contributed by atoms with Gasteiger partial charge in [-0.1, -0.05) is 23.9 Å². The van der Waals surface area contributed by atoms with Crippen molar-refractivity contribution in [2.45, 2.75) is 13.3 Å². The zero-order valence-electron chi connectivity index (χ0n) is 9.64. The Morgan fingerprint density at radius 2 is 2.47 bits per heavy atom. The van der Waals surface area contributed by atoms with Crippen LogP contribution in [0.3, 0.4) is 0 Å². The van der Waals surface area contributed by atoms with Crippen LogP contribution in [0.15, 0.2) is 30.6 Å². The molecule has 0 radical (unpaired) electrons. The SMILES string of the molecule is CC(=O)SCCC=Cc1cnc2[nH]ccc2c1. The molecule has 0 aromatic carbocycles. The average Bonchev–Trinajstić information content (AvgIpc) is 2.75. The van der Waals surface area contributed by atoms with Gasteiger partial charge < -0.3 is 4.98 Å². The molecule has 1 N–H and O–H groups in total. The van der Waals surface area contributed by atoms with Crippen molar-refractivity contribution in [3.63, 3.8) is 0 Å². The largest absolute Gasteiger partial charge is 0.346 e. The summed E-state index contributed by atoms with van der Waals surface area (Å²) in [5.41, 5.74) is 2.00. The molecule has 0 spiro atoms. The van der Waals surface area contributed by atoms with Gasteiger partial charge in [-0.15, -0.1) is 0 Å². The number of aromatic nitrogens is 2. The van der Waals surface area contributed by atoms with Gasteiger partial charge in [0.25, 0.3) is 0 Å². The van der Waals surface area contributed by atoms with Gasteiger partial charge >= 0.3 is 0 Å². The minimum atomic E-state index is 0.175. The number of allylic oxidation sites excluding steroid dienone is 1. The van der Waals surface area contributed by atoms with Gasteiger partial charge in [0.2, 0.25) is 0 Å². The molecule has 2 aromatic heterocycles. The third kappa shape index (κ3) is 3.46. The summed E-state index contributed by atoms with van der Waals surface area (Å²) in [5, 5.41) is 1.29. The number of carbonyl (C=O) groups is 1. The van der Waals surface area contributed by atoms with Crippen molar-refractivity contribution in [1.29, 1.82) is 0 Å². The van der Waals surface area contributed by atoms with Crippen LogP contribution in [0.25, 0.3) is 17.1 Å². The van der Waals surface area contributed by atoms with E-state index in [0.29, 0.717) is 0 Å². The topological polar surface area (TPSA) is 45.8 Å². The number of thioether (sulfide) groups is 1. The summed E-state index contributed by atoms with van der Waals surface area (Å²) in [6.45, 7) is 1.60. The highest BCUT2D eigenvalue weighted by atomic mass is 32.2. The molecule has 0 atom stereocenters. The monoisotopic (exact) mass is 246 g/mol. The van der Waals surface area contributed by atoms with Crippen molar-refractivity contribution in [3.8, 4) is 0 Å². The molecule has 17 heavy (non-hydrogen) atoms. The van der Waals surface area contributed by atoms with Gasteiger partial charge in [0, 0.05) is 30.5 Å². The third-order valence-corrected chi connectivity index (χ3v) is 3.17. The smallest absolute Gasteiger partial charge is 0.185 e. The van der Waals surface area contributed by atoms with Crippen LogP contribution in [0.4, 0.5) is 0 Å². The molecule has 2 heterocycles. The van der Waals surface area contributed by atoms with E-state index < -0.39 is 0 Å². The Kier molecular flexibility index (Phi) is 3.98. The second-order valence-electron chi connectivity index (χ2n) is 3.72. The number of carbonyl (C=O) groups excluding carboxylic acids is 1. The zero-order valence-corrected chi connectivity index (χ0v) is 10.5. The summed E-state index contributed by atoms with van der Waals surface area (Å²) in [6, 6.07) is 4.10. The van der Waals surface area contributed by atoms with Gasteiger partial charge in [0.1, 0.15) is 5.65 Å². The number of aromatic amines is 1. The van der Waals surface area contributed by atoms with Crippen LogP contribution >= 0.6 is 11.8 Å². The maximum atomic E-state index is 10.7. The first-order valence-corrected chi connectivity index (χ1v) is 6.47. The molecule has 0 unspecified atom stereocenters. The molecule has 0 amide bonds. The van der Waals surface area contributed by atoms with Gasteiger partial charge in [-0.2, -0.15) is 0 Å². The molecule has 0 saturated carbocycles. The van der Waals surface area contributed by atoms with E-state index in [0.717, 1.165) is 28.8 Å². The van der Waals surface area contributed by atoms with Crippen LogP contribution in [0, 0.1) is 0 Å². The molecule has 2 aromatic rings. The number of pyridine rings is 1. The van der Waals surface area contributed by atoms with Crippen LogP contribution in [-0.2, 0) is 4.79 Å². The van der Waals surface area contributed by atoms with E-state index in [2.05, 4.69) is 22.1 Å².